The molecule has 4 heteroatoms. The number of carbonyl (C=O) groups excluding carboxylic acids is 1. The first-order chi connectivity index (χ1) is 8.16. The van der Waals surface area contributed by atoms with E-state index in [4.69, 9.17) is 23.2 Å². The molecular weight excluding hydrogens is 275 g/mol. The van der Waals surface area contributed by atoms with Crippen molar-refractivity contribution in [2.75, 3.05) is 0 Å². The van der Waals surface area contributed by atoms with Crippen molar-refractivity contribution in [2.24, 2.45) is 0 Å². The molecule has 0 bridgehead atoms. The van der Waals surface area contributed by atoms with E-state index in [2.05, 4.69) is 0 Å². The highest BCUT2D eigenvalue weighted by Gasteiger charge is 2.07. The molecule has 17 heavy (non-hydrogen) atoms. The fraction of sp³-hybridized carbons (Fsp3) is 0.154. The Morgan fingerprint density at radius 2 is 2.00 bits per heavy atom. The van der Waals surface area contributed by atoms with Crippen LogP contribution in [0.1, 0.15) is 21.7 Å². The zero-order chi connectivity index (χ0) is 12.3. The first-order valence-electron chi connectivity index (χ1n) is 5.17. The molecule has 1 nitrogen and oxygen atoms in total. The van der Waals surface area contributed by atoms with Crippen LogP contribution in [0.5, 0.6) is 0 Å². The van der Waals surface area contributed by atoms with Crippen LogP contribution in [0, 0.1) is 0 Å². The molecule has 0 N–H and O–H groups in total. The van der Waals surface area contributed by atoms with E-state index < -0.39 is 0 Å². The van der Waals surface area contributed by atoms with E-state index in [1.54, 1.807) is 6.07 Å². The molecular formula is C13H10Cl2OS. The van der Waals surface area contributed by atoms with E-state index in [0.717, 1.165) is 10.4 Å². The van der Waals surface area contributed by atoms with Gasteiger partial charge in [0.25, 0.3) is 0 Å². The van der Waals surface area contributed by atoms with Gasteiger partial charge in [-0.3, -0.25) is 4.79 Å². The van der Waals surface area contributed by atoms with Gasteiger partial charge in [0.05, 0.1) is 14.9 Å². The van der Waals surface area contributed by atoms with Crippen molar-refractivity contribution in [2.45, 2.75) is 12.8 Å². The average molecular weight is 285 g/mol. The number of hydrogen-bond donors (Lipinski definition) is 0. The Morgan fingerprint density at radius 3 is 2.65 bits per heavy atom. The number of aryl methyl sites for hydroxylation is 1. The fourth-order valence-electron chi connectivity index (χ4n) is 1.51. The van der Waals surface area contributed by atoms with Crippen molar-refractivity contribution in [3.63, 3.8) is 0 Å². The lowest BCUT2D eigenvalue weighted by molar-refractivity contribution is 0.0987. The normalized spacial score (nSPS) is 10.5. The van der Waals surface area contributed by atoms with Crippen LogP contribution < -0.4 is 0 Å². The molecule has 2 aromatic rings. The molecule has 0 aliphatic carbocycles. The van der Waals surface area contributed by atoms with E-state index >= 15 is 0 Å². The Morgan fingerprint density at radius 1 is 1.18 bits per heavy atom. The Labute approximate surface area is 114 Å². The molecule has 0 amide bonds. The van der Waals surface area contributed by atoms with Gasteiger partial charge in [0.1, 0.15) is 0 Å². The van der Waals surface area contributed by atoms with Crippen molar-refractivity contribution in [3.8, 4) is 0 Å². The summed E-state index contributed by atoms with van der Waals surface area (Å²) in [6, 6.07) is 9.20. The molecule has 0 saturated heterocycles. The standard InChI is InChI=1S/C13H10Cl2OS/c14-10-5-3-9(8-11(10)15)4-6-12(16)13-2-1-7-17-13/h1-3,5,7-8H,4,6H2. The molecule has 0 aliphatic heterocycles. The zero-order valence-electron chi connectivity index (χ0n) is 8.95. The van der Waals surface area contributed by atoms with E-state index in [1.165, 1.54) is 11.3 Å². The van der Waals surface area contributed by atoms with Crippen molar-refractivity contribution in [1.82, 2.24) is 0 Å². The number of carbonyl (C=O) groups is 1. The Balaban J connectivity index is 1.98. The van der Waals surface area contributed by atoms with Crippen LogP contribution in [-0.2, 0) is 6.42 Å². The van der Waals surface area contributed by atoms with Gasteiger partial charge in [-0.2, -0.15) is 0 Å². The summed E-state index contributed by atoms with van der Waals surface area (Å²) >= 11 is 13.2. The van der Waals surface area contributed by atoms with Gasteiger partial charge < -0.3 is 0 Å². The molecule has 1 heterocycles. The van der Waals surface area contributed by atoms with E-state index in [1.807, 2.05) is 29.6 Å². The van der Waals surface area contributed by atoms with E-state index in [9.17, 15) is 4.79 Å². The SMILES string of the molecule is O=C(CCc1ccc(Cl)c(Cl)c1)c1cccs1. The summed E-state index contributed by atoms with van der Waals surface area (Å²) in [5, 5.41) is 2.99. The Kier molecular flexibility index (Phi) is 4.21. The predicted molar refractivity (Wildman–Crippen MR) is 73.4 cm³/mol. The van der Waals surface area contributed by atoms with Gasteiger partial charge in [-0.1, -0.05) is 35.3 Å². The molecule has 1 aromatic carbocycles. The van der Waals surface area contributed by atoms with Crippen molar-refractivity contribution in [3.05, 3.63) is 56.2 Å². The number of hydrogen-bond acceptors (Lipinski definition) is 2. The van der Waals surface area contributed by atoms with Crippen LogP contribution in [0.4, 0.5) is 0 Å². The third-order valence-corrected chi connectivity index (χ3v) is 4.07. The van der Waals surface area contributed by atoms with Crippen LogP contribution in [0.15, 0.2) is 35.7 Å². The largest absolute Gasteiger partial charge is 0.293 e. The molecule has 0 atom stereocenters. The molecule has 0 spiro atoms. The van der Waals surface area contributed by atoms with Gasteiger partial charge in [-0.05, 0) is 35.6 Å². The lowest BCUT2D eigenvalue weighted by Gasteiger charge is -2.02. The maximum Gasteiger partial charge on any atom is 0.173 e. The summed E-state index contributed by atoms with van der Waals surface area (Å²) in [5.41, 5.74) is 1.03. The quantitative estimate of drug-likeness (QED) is 0.732. The summed E-state index contributed by atoms with van der Waals surface area (Å²) in [6.45, 7) is 0. The molecule has 0 unspecified atom stereocenters. The first kappa shape index (κ1) is 12.6. The van der Waals surface area contributed by atoms with E-state index in [-0.39, 0.29) is 5.78 Å². The summed E-state index contributed by atoms with van der Waals surface area (Å²) in [5.74, 6) is 0.172. The number of rotatable bonds is 4. The Hall–Kier alpha value is -0.830. The van der Waals surface area contributed by atoms with Crippen molar-refractivity contribution >= 4 is 40.3 Å². The minimum absolute atomic E-state index is 0.172. The molecule has 0 fully saturated rings. The topological polar surface area (TPSA) is 17.1 Å². The van der Waals surface area contributed by atoms with Crippen LogP contribution in [0.2, 0.25) is 10.0 Å². The number of thiophene rings is 1. The predicted octanol–water partition coefficient (Wildman–Crippen LogP) is 4.87. The number of halogens is 2. The van der Waals surface area contributed by atoms with Gasteiger partial charge in [0, 0.05) is 6.42 Å². The zero-order valence-corrected chi connectivity index (χ0v) is 11.3. The van der Waals surface area contributed by atoms with Crippen LogP contribution in [0.3, 0.4) is 0 Å². The smallest absolute Gasteiger partial charge is 0.173 e. The summed E-state index contributed by atoms with van der Waals surface area (Å²) in [4.78, 5) is 12.6. The van der Waals surface area contributed by atoms with Crippen molar-refractivity contribution in [1.29, 1.82) is 0 Å². The minimum atomic E-state index is 0.172. The second-order valence-electron chi connectivity index (χ2n) is 3.65. The van der Waals surface area contributed by atoms with Crippen LogP contribution >= 0.6 is 34.5 Å². The van der Waals surface area contributed by atoms with E-state index in [0.29, 0.717) is 22.9 Å². The summed E-state index contributed by atoms with van der Waals surface area (Å²) in [6.07, 6.45) is 1.19. The Bertz CT molecular complexity index is 520. The molecule has 1 aromatic heterocycles. The summed E-state index contributed by atoms with van der Waals surface area (Å²) in [7, 11) is 0. The maximum atomic E-state index is 11.8. The van der Waals surface area contributed by atoms with Crippen molar-refractivity contribution < 1.29 is 4.79 Å². The lowest BCUT2D eigenvalue weighted by atomic mass is 10.1. The van der Waals surface area contributed by atoms with Gasteiger partial charge in [-0.25, -0.2) is 0 Å². The molecule has 0 radical (unpaired) electrons. The van der Waals surface area contributed by atoms with Gasteiger partial charge >= 0.3 is 0 Å². The number of benzene rings is 1. The second-order valence-corrected chi connectivity index (χ2v) is 5.41. The lowest BCUT2D eigenvalue weighted by Crippen LogP contribution is -1.98. The second kappa shape index (κ2) is 5.67. The van der Waals surface area contributed by atoms with Crippen LogP contribution in [0.25, 0.3) is 0 Å². The average Bonchev–Trinajstić information content (AvgIpc) is 2.84. The first-order valence-corrected chi connectivity index (χ1v) is 6.81. The molecule has 2 rings (SSSR count). The third-order valence-electron chi connectivity index (χ3n) is 2.42. The third kappa shape index (κ3) is 3.32. The molecule has 88 valence electrons. The fourth-order valence-corrected chi connectivity index (χ4v) is 2.53. The monoisotopic (exact) mass is 284 g/mol. The number of ketones is 1. The highest BCUT2D eigenvalue weighted by atomic mass is 35.5. The van der Waals surface area contributed by atoms with Gasteiger partial charge in [0.15, 0.2) is 5.78 Å². The van der Waals surface area contributed by atoms with Gasteiger partial charge in [-0.15, -0.1) is 11.3 Å². The maximum absolute atomic E-state index is 11.8. The van der Waals surface area contributed by atoms with Crippen LogP contribution in [-0.4, -0.2) is 5.78 Å². The highest BCUT2D eigenvalue weighted by Crippen LogP contribution is 2.23. The number of Topliss-reactive ketones (excluding diaryl/α,β-unsaturated/α-hetero) is 1. The summed E-state index contributed by atoms with van der Waals surface area (Å²) < 4.78 is 0. The highest BCUT2D eigenvalue weighted by molar-refractivity contribution is 7.12. The minimum Gasteiger partial charge on any atom is -0.293 e. The van der Waals surface area contributed by atoms with Gasteiger partial charge in [0.2, 0.25) is 0 Å². The molecule has 0 saturated carbocycles. The molecule has 0 aliphatic rings.